The van der Waals surface area contributed by atoms with E-state index < -0.39 is 17.2 Å². The summed E-state index contributed by atoms with van der Waals surface area (Å²) in [5, 5.41) is 12.4. The molecule has 0 aliphatic rings. The average molecular weight is 320 g/mol. The molecule has 17 heavy (non-hydrogen) atoms. The van der Waals surface area contributed by atoms with Crippen LogP contribution in [0.25, 0.3) is 0 Å². The molecule has 0 fully saturated rings. The molecule has 0 aliphatic heterocycles. The first-order valence-corrected chi connectivity index (χ1v) is 6.37. The van der Waals surface area contributed by atoms with Crippen molar-refractivity contribution in [3.8, 4) is 0 Å². The number of halogens is 3. The van der Waals surface area contributed by atoms with Crippen LogP contribution >= 0.6 is 27.3 Å². The fraction of sp³-hybridized carbons (Fsp3) is 0.182. The number of aliphatic hydroxyl groups is 1. The van der Waals surface area contributed by atoms with Gasteiger partial charge in [0.2, 0.25) is 0 Å². The van der Waals surface area contributed by atoms with E-state index in [1.54, 1.807) is 5.38 Å². The number of hydrogen-bond acceptors (Lipinski definition) is 3. The molecule has 6 heteroatoms. The van der Waals surface area contributed by atoms with Gasteiger partial charge in [0.15, 0.2) is 0 Å². The van der Waals surface area contributed by atoms with E-state index in [-0.39, 0.29) is 5.56 Å². The Labute approximate surface area is 109 Å². The second-order valence-corrected chi connectivity index (χ2v) is 5.38. The van der Waals surface area contributed by atoms with Gasteiger partial charge in [-0.3, -0.25) is 0 Å². The Bertz CT molecular complexity index is 536. The lowest BCUT2D eigenvalue weighted by Gasteiger charge is -2.21. The molecule has 2 nitrogen and oxygen atoms in total. The van der Waals surface area contributed by atoms with Gasteiger partial charge in [-0.05, 0) is 40.5 Å². The molecule has 1 unspecified atom stereocenters. The van der Waals surface area contributed by atoms with Gasteiger partial charge < -0.3 is 5.11 Å². The van der Waals surface area contributed by atoms with Gasteiger partial charge in [0.1, 0.15) is 26.8 Å². The van der Waals surface area contributed by atoms with Gasteiger partial charge in [-0.25, -0.2) is 13.8 Å². The summed E-state index contributed by atoms with van der Waals surface area (Å²) in [5.74, 6) is -1.45. The minimum Gasteiger partial charge on any atom is -0.378 e. The van der Waals surface area contributed by atoms with Crippen LogP contribution in [0.5, 0.6) is 0 Å². The van der Waals surface area contributed by atoms with Crippen LogP contribution in [0.4, 0.5) is 8.78 Å². The number of nitrogens with zero attached hydrogens (tertiary/aromatic N) is 1. The monoisotopic (exact) mass is 319 g/mol. The third-order valence-electron chi connectivity index (χ3n) is 2.32. The van der Waals surface area contributed by atoms with Crippen molar-refractivity contribution in [2.24, 2.45) is 0 Å². The molecule has 1 atom stereocenters. The molecule has 2 rings (SSSR count). The maximum absolute atomic E-state index is 13.1. The first-order chi connectivity index (χ1) is 7.89. The summed E-state index contributed by atoms with van der Waals surface area (Å²) < 4.78 is 26.8. The molecule has 0 aliphatic carbocycles. The van der Waals surface area contributed by atoms with Gasteiger partial charge >= 0.3 is 0 Å². The van der Waals surface area contributed by atoms with Crippen molar-refractivity contribution in [2.45, 2.75) is 12.5 Å². The van der Waals surface area contributed by atoms with Gasteiger partial charge in [-0.15, -0.1) is 11.3 Å². The number of rotatable bonds is 2. The van der Waals surface area contributed by atoms with E-state index in [0.717, 1.165) is 18.2 Å². The van der Waals surface area contributed by atoms with Crippen molar-refractivity contribution in [3.05, 3.63) is 50.4 Å². The van der Waals surface area contributed by atoms with Crippen molar-refractivity contribution in [2.75, 3.05) is 0 Å². The fourth-order valence-electron chi connectivity index (χ4n) is 1.44. The second kappa shape index (κ2) is 4.44. The summed E-state index contributed by atoms with van der Waals surface area (Å²) in [6.45, 7) is 1.45. The maximum Gasteiger partial charge on any atom is 0.138 e. The smallest absolute Gasteiger partial charge is 0.138 e. The predicted octanol–water partition coefficient (Wildman–Crippen LogP) is 3.44. The van der Waals surface area contributed by atoms with Crippen molar-refractivity contribution in [3.63, 3.8) is 0 Å². The number of hydrogen-bond donors (Lipinski definition) is 1. The van der Waals surface area contributed by atoms with Gasteiger partial charge in [-0.2, -0.15) is 0 Å². The third-order valence-corrected chi connectivity index (χ3v) is 4.08. The highest BCUT2D eigenvalue weighted by atomic mass is 79.9. The zero-order valence-electron chi connectivity index (χ0n) is 8.75. The minimum absolute atomic E-state index is 0.136. The lowest BCUT2D eigenvalue weighted by Crippen LogP contribution is -2.23. The zero-order chi connectivity index (χ0) is 12.6. The van der Waals surface area contributed by atoms with Crippen LogP contribution < -0.4 is 0 Å². The zero-order valence-corrected chi connectivity index (χ0v) is 11.1. The summed E-state index contributed by atoms with van der Waals surface area (Å²) >= 11 is 4.38. The number of benzene rings is 1. The fourth-order valence-corrected chi connectivity index (χ4v) is 2.77. The van der Waals surface area contributed by atoms with Gasteiger partial charge in [-0.1, -0.05) is 0 Å². The first kappa shape index (κ1) is 12.6. The normalized spacial score (nSPS) is 14.6. The van der Waals surface area contributed by atoms with Crippen LogP contribution in [0.15, 0.2) is 28.2 Å². The van der Waals surface area contributed by atoms with Crippen molar-refractivity contribution in [1.29, 1.82) is 0 Å². The van der Waals surface area contributed by atoms with Crippen LogP contribution in [0, 0.1) is 11.6 Å². The molecule has 0 saturated carbocycles. The Hall–Kier alpha value is -0.850. The first-order valence-electron chi connectivity index (χ1n) is 4.70. The summed E-state index contributed by atoms with van der Waals surface area (Å²) in [7, 11) is 0. The molecule has 90 valence electrons. The van der Waals surface area contributed by atoms with E-state index in [1.807, 2.05) is 0 Å². The van der Waals surface area contributed by atoms with Crippen molar-refractivity contribution in [1.82, 2.24) is 4.98 Å². The topological polar surface area (TPSA) is 33.1 Å². The molecule has 1 heterocycles. The molecule has 1 aromatic carbocycles. The summed E-state index contributed by atoms with van der Waals surface area (Å²) in [5.41, 5.74) is -1.38. The molecule has 2 aromatic rings. The van der Waals surface area contributed by atoms with E-state index in [1.165, 1.54) is 18.3 Å². The standard InChI is InChI=1S/C11H8BrF2NOS/c1-11(16,10-15-9(12)5-17-10)6-2-7(13)4-8(14)3-6/h2-5,16H,1H3. The summed E-state index contributed by atoms with van der Waals surface area (Å²) in [4.78, 5) is 4.06. The van der Waals surface area contributed by atoms with E-state index in [9.17, 15) is 13.9 Å². The van der Waals surface area contributed by atoms with Crippen molar-refractivity contribution >= 4 is 27.3 Å². The Morgan fingerprint density at radius 3 is 2.35 bits per heavy atom. The Balaban J connectivity index is 2.50. The quantitative estimate of drug-likeness (QED) is 0.919. The molecule has 1 N–H and O–H groups in total. The van der Waals surface area contributed by atoms with Crippen LogP contribution in [0.3, 0.4) is 0 Å². The number of aromatic nitrogens is 1. The second-order valence-electron chi connectivity index (χ2n) is 3.71. The minimum atomic E-state index is -1.51. The Kier molecular flexibility index (Phi) is 3.29. The molecule has 0 amide bonds. The van der Waals surface area contributed by atoms with Crippen LogP contribution in [-0.4, -0.2) is 10.1 Å². The van der Waals surface area contributed by atoms with Crippen molar-refractivity contribution < 1.29 is 13.9 Å². The maximum atomic E-state index is 13.1. The highest BCUT2D eigenvalue weighted by Crippen LogP contribution is 2.33. The molecular formula is C11H8BrF2NOS. The molecule has 0 bridgehead atoms. The molecule has 0 radical (unpaired) electrons. The van der Waals surface area contributed by atoms with Crippen LogP contribution in [-0.2, 0) is 5.60 Å². The van der Waals surface area contributed by atoms with Gasteiger partial charge in [0, 0.05) is 11.4 Å². The predicted molar refractivity (Wildman–Crippen MR) is 64.8 cm³/mol. The largest absolute Gasteiger partial charge is 0.378 e. The van der Waals surface area contributed by atoms with Gasteiger partial charge in [0.25, 0.3) is 0 Å². The molecule has 0 spiro atoms. The third kappa shape index (κ3) is 2.53. The lowest BCUT2D eigenvalue weighted by molar-refractivity contribution is 0.101. The van der Waals surface area contributed by atoms with E-state index in [0.29, 0.717) is 9.61 Å². The Morgan fingerprint density at radius 1 is 1.29 bits per heavy atom. The molecular weight excluding hydrogens is 312 g/mol. The summed E-state index contributed by atoms with van der Waals surface area (Å²) in [6.07, 6.45) is 0. The van der Waals surface area contributed by atoms with Gasteiger partial charge in [0.05, 0.1) is 0 Å². The Morgan fingerprint density at radius 2 is 1.88 bits per heavy atom. The average Bonchev–Trinajstić information content (AvgIpc) is 2.64. The molecule has 0 saturated heterocycles. The van der Waals surface area contributed by atoms with Crippen LogP contribution in [0.1, 0.15) is 17.5 Å². The highest BCUT2D eigenvalue weighted by molar-refractivity contribution is 9.10. The molecule has 1 aromatic heterocycles. The van der Waals surface area contributed by atoms with E-state index >= 15 is 0 Å². The SMILES string of the molecule is CC(O)(c1cc(F)cc(F)c1)c1nc(Br)cs1. The van der Waals surface area contributed by atoms with E-state index in [2.05, 4.69) is 20.9 Å². The van der Waals surface area contributed by atoms with E-state index in [4.69, 9.17) is 0 Å². The summed E-state index contributed by atoms with van der Waals surface area (Å²) in [6, 6.07) is 2.95. The highest BCUT2D eigenvalue weighted by Gasteiger charge is 2.30. The lowest BCUT2D eigenvalue weighted by atomic mass is 9.96. The van der Waals surface area contributed by atoms with Crippen LogP contribution in [0.2, 0.25) is 0 Å². The number of thiazole rings is 1.